The van der Waals surface area contributed by atoms with Gasteiger partial charge >= 0.3 is 0 Å². The quantitative estimate of drug-likeness (QED) is 0.683. The lowest BCUT2D eigenvalue weighted by Gasteiger charge is -2.37. The van der Waals surface area contributed by atoms with Gasteiger partial charge in [-0.2, -0.15) is 0 Å². The predicted octanol–water partition coefficient (Wildman–Crippen LogP) is 4.89. The number of nitrogens with one attached hydrogen (secondary N) is 1. The second-order valence-corrected chi connectivity index (χ2v) is 7.59. The van der Waals surface area contributed by atoms with E-state index in [4.69, 9.17) is 5.73 Å². The van der Waals surface area contributed by atoms with Gasteiger partial charge in [0.1, 0.15) is 0 Å². The monoisotopic (exact) mass is 356 g/mol. The summed E-state index contributed by atoms with van der Waals surface area (Å²) in [6, 6.07) is 32.8. The van der Waals surface area contributed by atoms with Gasteiger partial charge in [0, 0.05) is 24.5 Å². The van der Waals surface area contributed by atoms with Crippen LogP contribution in [0.2, 0.25) is 0 Å². The first-order valence-corrected chi connectivity index (χ1v) is 9.97. The van der Waals surface area contributed by atoms with Crippen molar-refractivity contribution in [2.24, 2.45) is 11.7 Å². The van der Waals surface area contributed by atoms with Crippen LogP contribution in [0.1, 0.15) is 41.5 Å². The highest BCUT2D eigenvalue weighted by molar-refractivity contribution is 5.34. The molecule has 2 nitrogen and oxygen atoms in total. The molecule has 1 heterocycles. The molecule has 3 unspecified atom stereocenters. The van der Waals surface area contributed by atoms with Crippen LogP contribution in [0.5, 0.6) is 0 Å². The SMILES string of the molecule is NC(c1ccccc1)C1CCC(C(c2ccccc2)c2ccccc2)NC1. The number of hydrogen-bond acceptors (Lipinski definition) is 2. The lowest BCUT2D eigenvalue weighted by atomic mass is 9.78. The summed E-state index contributed by atoms with van der Waals surface area (Å²) >= 11 is 0. The highest BCUT2D eigenvalue weighted by Crippen LogP contribution is 2.35. The summed E-state index contributed by atoms with van der Waals surface area (Å²) in [6.07, 6.45) is 2.30. The zero-order chi connectivity index (χ0) is 18.5. The fraction of sp³-hybridized carbons (Fsp3) is 0.280. The molecule has 3 atom stereocenters. The molecule has 1 fully saturated rings. The third kappa shape index (κ3) is 4.13. The minimum absolute atomic E-state index is 0.103. The molecule has 138 valence electrons. The molecule has 4 rings (SSSR count). The van der Waals surface area contributed by atoms with Gasteiger partial charge in [-0.25, -0.2) is 0 Å². The molecule has 0 amide bonds. The smallest absolute Gasteiger partial charge is 0.0335 e. The molecule has 0 saturated carbocycles. The Hall–Kier alpha value is -2.42. The summed E-state index contributed by atoms with van der Waals surface area (Å²) in [5.41, 5.74) is 10.6. The van der Waals surface area contributed by atoms with Gasteiger partial charge in [-0.05, 0) is 35.4 Å². The molecule has 0 spiro atoms. The van der Waals surface area contributed by atoms with Crippen LogP contribution in [0.3, 0.4) is 0 Å². The van der Waals surface area contributed by atoms with E-state index in [0.717, 1.165) is 19.4 Å². The van der Waals surface area contributed by atoms with E-state index in [0.29, 0.717) is 17.9 Å². The van der Waals surface area contributed by atoms with E-state index in [1.54, 1.807) is 0 Å². The molecule has 0 aliphatic carbocycles. The zero-order valence-corrected chi connectivity index (χ0v) is 15.7. The van der Waals surface area contributed by atoms with Crippen molar-refractivity contribution in [2.45, 2.75) is 30.8 Å². The molecule has 1 aliphatic rings. The highest BCUT2D eigenvalue weighted by Gasteiger charge is 2.31. The Bertz CT molecular complexity index is 769. The van der Waals surface area contributed by atoms with Crippen molar-refractivity contribution in [2.75, 3.05) is 6.54 Å². The summed E-state index contributed by atoms with van der Waals surface area (Å²) in [5.74, 6) is 0.858. The van der Waals surface area contributed by atoms with E-state index in [2.05, 4.69) is 96.3 Å². The second-order valence-electron chi connectivity index (χ2n) is 7.59. The molecule has 2 heteroatoms. The van der Waals surface area contributed by atoms with Gasteiger partial charge in [0.2, 0.25) is 0 Å². The maximum Gasteiger partial charge on any atom is 0.0335 e. The van der Waals surface area contributed by atoms with E-state index in [1.165, 1.54) is 16.7 Å². The van der Waals surface area contributed by atoms with Crippen LogP contribution in [-0.4, -0.2) is 12.6 Å². The average Bonchev–Trinajstić information content (AvgIpc) is 2.76. The van der Waals surface area contributed by atoms with Crippen molar-refractivity contribution in [1.29, 1.82) is 0 Å². The molecule has 0 bridgehead atoms. The number of hydrogen-bond donors (Lipinski definition) is 2. The Kier molecular flexibility index (Phi) is 5.66. The van der Waals surface area contributed by atoms with Crippen LogP contribution in [0.15, 0.2) is 91.0 Å². The number of nitrogens with two attached hydrogens (primary N) is 1. The van der Waals surface area contributed by atoms with E-state index in [1.807, 2.05) is 0 Å². The Balaban J connectivity index is 1.51. The minimum Gasteiger partial charge on any atom is -0.324 e. The van der Waals surface area contributed by atoms with Crippen molar-refractivity contribution in [3.63, 3.8) is 0 Å². The lowest BCUT2D eigenvalue weighted by molar-refractivity contribution is 0.263. The first kappa shape index (κ1) is 18.0. The van der Waals surface area contributed by atoms with Crippen LogP contribution < -0.4 is 11.1 Å². The minimum atomic E-state index is 0.103. The lowest BCUT2D eigenvalue weighted by Crippen LogP contribution is -2.45. The largest absolute Gasteiger partial charge is 0.324 e. The van der Waals surface area contributed by atoms with Gasteiger partial charge in [-0.3, -0.25) is 0 Å². The number of benzene rings is 3. The van der Waals surface area contributed by atoms with E-state index in [9.17, 15) is 0 Å². The highest BCUT2D eigenvalue weighted by atomic mass is 14.9. The molecule has 3 aromatic carbocycles. The maximum atomic E-state index is 6.57. The summed E-state index contributed by atoms with van der Waals surface area (Å²) in [6.45, 7) is 0.969. The molecule has 27 heavy (non-hydrogen) atoms. The third-order valence-corrected chi connectivity index (χ3v) is 5.90. The zero-order valence-electron chi connectivity index (χ0n) is 15.7. The van der Waals surface area contributed by atoms with Crippen LogP contribution in [0.25, 0.3) is 0 Å². The molecule has 1 aliphatic heterocycles. The van der Waals surface area contributed by atoms with Crippen LogP contribution >= 0.6 is 0 Å². The van der Waals surface area contributed by atoms with Gasteiger partial charge in [0.15, 0.2) is 0 Å². The maximum absolute atomic E-state index is 6.57. The van der Waals surface area contributed by atoms with E-state index >= 15 is 0 Å². The predicted molar refractivity (Wildman–Crippen MR) is 113 cm³/mol. The fourth-order valence-corrected chi connectivity index (χ4v) is 4.42. The van der Waals surface area contributed by atoms with Crippen LogP contribution in [-0.2, 0) is 0 Å². The van der Waals surface area contributed by atoms with Gasteiger partial charge in [-0.15, -0.1) is 0 Å². The van der Waals surface area contributed by atoms with E-state index in [-0.39, 0.29) is 6.04 Å². The molecule has 0 aromatic heterocycles. The van der Waals surface area contributed by atoms with Crippen molar-refractivity contribution in [1.82, 2.24) is 5.32 Å². The summed E-state index contributed by atoms with van der Waals surface area (Å²) in [7, 11) is 0. The standard InChI is InChI=1S/C25H28N2/c26-25(21-14-8-3-9-15-21)22-16-17-23(27-18-22)24(19-10-4-1-5-11-19)20-12-6-2-7-13-20/h1-15,22-25,27H,16-18,26H2. The fourth-order valence-electron chi connectivity index (χ4n) is 4.42. The molecular formula is C25H28N2. The van der Waals surface area contributed by atoms with Crippen molar-refractivity contribution in [3.05, 3.63) is 108 Å². The summed E-state index contributed by atoms with van der Waals surface area (Å²) in [4.78, 5) is 0. The topological polar surface area (TPSA) is 38.0 Å². The normalized spacial score (nSPS) is 21.1. The summed E-state index contributed by atoms with van der Waals surface area (Å²) in [5, 5.41) is 3.84. The first-order valence-electron chi connectivity index (χ1n) is 9.97. The average molecular weight is 357 g/mol. The molecule has 3 N–H and O–H groups in total. The van der Waals surface area contributed by atoms with Crippen molar-refractivity contribution >= 4 is 0 Å². The van der Waals surface area contributed by atoms with Gasteiger partial charge in [0.05, 0.1) is 0 Å². The van der Waals surface area contributed by atoms with Crippen LogP contribution in [0, 0.1) is 5.92 Å². The first-order chi connectivity index (χ1) is 13.3. The van der Waals surface area contributed by atoms with E-state index < -0.39 is 0 Å². The Morgan fingerprint density at radius 3 is 1.59 bits per heavy atom. The van der Waals surface area contributed by atoms with Gasteiger partial charge in [0.25, 0.3) is 0 Å². The Labute approximate surface area is 162 Å². The van der Waals surface area contributed by atoms with Crippen molar-refractivity contribution in [3.8, 4) is 0 Å². The number of piperidine rings is 1. The molecule has 1 saturated heterocycles. The molecule has 3 aromatic rings. The van der Waals surface area contributed by atoms with Gasteiger partial charge < -0.3 is 11.1 Å². The second kappa shape index (κ2) is 8.51. The Morgan fingerprint density at radius 1 is 0.667 bits per heavy atom. The summed E-state index contributed by atoms with van der Waals surface area (Å²) < 4.78 is 0. The van der Waals surface area contributed by atoms with Crippen molar-refractivity contribution < 1.29 is 0 Å². The van der Waals surface area contributed by atoms with Crippen LogP contribution in [0.4, 0.5) is 0 Å². The third-order valence-electron chi connectivity index (χ3n) is 5.90. The molecular weight excluding hydrogens is 328 g/mol. The van der Waals surface area contributed by atoms with Gasteiger partial charge in [-0.1, -0.05) is 91.0 Å². The number of rotatable bonds is 5. The Morgan fingerprint density at radius 2 is 1.15 bits per heavy atom. The molecule has 0 radical (unpaired) electrons.